The number of aryl methyl sites for hydroxylation is 1. The van der Waals surface area contributed by atoms with E-state index in [4.69, 9.17) is 4.74 Å². The van der Waals surface area contributed by atoms with Gasteiger partial charge < -0.3 is 14.5 Å². The minimum Gasteiger partial charge on any atom is -0.444 e. The zero-order chi connectivity index (χ0) is 18.5. The van der Waals surface area contributed by atoms with Gasteiger partial charge in [-0.15, -0.1) is 11.3 Å². The number of likely N-dealkylation sites (tertiary alicyclic amines) is 1. The molecule has 2 aliphatic rings. The first-order chi connectivity index (χ1) is 12.3. The summed E-state index contributed by atoms with van der Waals surface area (Å²) in [5.41, 5.74) is -0.262. The fourth-order valence-corrected chi connectivity index (χ4v) is 4.84. The van der Waals surface area contributed by atoms with Gasteiger partial charge in [-0.2, -0.15) is 0 Å². The monoisotopic (exact) mass is 374 g/mol. The highest BCUT2D eigenvalue weighted by atomic mass is 32.1. The second-order valence-electron chi connectivity index (χ2n) is 8.49. The van der Waals surface area contributed by atoms with Gasteiger partial charge in [-0.1, -0.05) is 6.92 Å². The summed E-state index contributed by atoms with van der Waals surface area (Å²) < 4.78 is 5.48. The second-order valence-corrected chi connectivity index (χ2v) is 9.61. The summed E-state index contributed by atoms with van der Waals surface area (Å²) in [7, 11) is 0. The number of fused-ring (bicyclic) bond motifs is 1. The van der Waals surface area contributed by atoms with Crippen molar-refractivity contribution in [2.75, 3.05) is 31.1 Å². The van der Waals surface area contributed by atoms with Crippen molar-refractivity contribution in [2.24, 2.45) is 5.41 Å². The zero-order valence-electron chi connectivity index (χ0n) is 15.9. The standard InChI is InChI=1S/C19H26N4O2S/c1-5-13-8-14-15(20-12-21-16(14)26-13)22-7-6-19(9-22)10-23(11-19)17(24)25-18(2,3)4/h8,12H,5-7,9-11H2,1-4H3. The number of nitrogens with zero attached hydrogens (tertiary/aromatic N) is 4. The third kappa shape index (κ3) is 3.13. The van der Waals surface area contributed by atoms with Crippen molar-refractivity contribution in [3.63, 3.8) is 0 Å². The number of thiophene rings is 1. The molecule has 1 amide bonds. The number of carbonyl (C=O) groups is 1. The van der Waals surface area contributed by atoms with Crippen molar-refractivity contribution in [1.82, 2.24) is 14.9 Å². The molecule has 0 radical (unpaired) electrons. The summed E-state index contributed by atoms with van der Waals surface area (Å²) in [6.07, 6.45) is 3.58. The van der Waals surface area contributed by atoms with Gasteiger partial charge in [-0.05, 0) is 39.7 Å². The SMILES string of the molecule is CCc1cc2c(N3CCC4(CN(C(=O)OC(C)(C)C)C4)C3)ncnc2s1. The van der Waals surface area contributed by atoms with E-state index in [2.05, 4.69) is 27.9 Å². The van der Waals surface area contributed by atoms with Crippen LogP contribution in [0.2, 0.25) is 0 Å². The number of rotatable bonds is 2. The molecule has 2 saturated heterocycles. The van der Waals surface area contributed by atoms with Crippen LogP contribution >= 0.6 is 11.3 Å². The largest absolute Gasteiger partial charge is 0.444 e. The van der Waals surface area contributed by atoms with Crippen LogP contribution in [0, 0.1) is 5.41 Å². The average Bonchev–Trinajstić information content (AvgIpc) is 3.15. The van der Waals surface area contributed by atoms with Gasteiger partial charge in [0.1, 0.15) is 22.6 Å². The van der Waals surface area contributed by atoms with Crippen LogP contribution in [-0.4, -0.2) is 52.7 Å². The summed E-state index contributed by atoms with van der Waals surface area (Å²) >= 11 is 1.75. The molecule has 0 unspecified atom stereocenters. The van der Waals surface area contributed by atoms with Gasteiger partial charge in [0.15, 0.2) is 0 Å². The third-order valence-corrected chi connectivity index (χ3v) is 6.34. The molecule has 0 aliphatic carbocycles. The van der Waals surface area contributed by atoms with Crippen molar-refractivity contribution >= 4 is 33.5 Å². The van der Waals surface area contributed by atoms with Crippen LogP contribution < -0.4 is 4.90 Å². The molecule has 7 heteroatoms. The lowest BCUT2D eigenvalue weighted by molar-refractivity contribution is -0.0266. The summed E-state index contributed by atoms with van der Waals surface area (Å²) in [5.74, 6) is 1.04. The Hall–Kier alpha value is -1.89. The van der Waals surface area contributed by atoms with E-state index in [1.807, 2.05) is 25.7 Å². The molecule has 0 atom stereocenters. The van der Waals surface area contributed by atoms with E-state index in [1.54, 1.807) is 17.7 Å². The highest BCUT2D eigenvalue weighted by Gasteiger charge is 2.50. The van der Waals surface area contributed by atoms with Crippen LogP contribution in [0.15, 0.2) is 12.4 Å². The first-order valence-corrected chi connectivity index (χ1v) is 10.1. The van der Waals surface area contributed by atoms with E-state index >= 15 is 0 Å². The van der Waals surface area contributed by atoms with Gasteiger partial charge in [-0.25, -0.2) is 14.8 Å². The molecule has 2 aliphatic heterocycles. The van der Waals surface area contributed by atoms with Crippen molar-refractivity contribution in [3.05, 3.63) is 17.3 Å². The highest BCUT2D eigenvalue weighted by Crippen LogP contribution is 2.43. The summed E-state index contributed by atoms with van der Waals surface area (Å²) in [5, 5.41) is 1.16. The molecule has 2 aromatic rings. The van der Waals surface area contributed by atoms with E-state index in [1.165, 1.54) is 4.88 Å². The van der Waals surface area contributed by atoms with Crippen LogP contribution in [0.3, 0.4) is 0 Å². The molecule has 4 heterocycles. The number of carbonyl (C=O) groups excluding carboxylic acids is 1. The normalized spacial score (nSPS) is 19.2. The van der Waals surface area contributed by atoms with Gasteiger partial charge in [0.25, 0.3) is 0 Å². The second kappa shape index (κ2) is 6.08. The summed E-state index contributed by atoms with van der Waals surface area (Å²) in [6.45, 7) is 11.4. The molecule has 2 fully saturated rings. The van der Waals surface area contributed by atoms with Crippen molar-refractivity contribution < 1.29 is 9.53 Å². The maximum atomic E-state index is 12.2. The first-order valence-electron chi connectivity index (χ1n) is 9.25. The van der Waals surface area contributed by atoms with Crippen LogP contribution in [0.25, 0.3) is 10.2 Å². The Balaban J connectivity index is 1.46. The Morgan fingerprint density at radius 2 is 2.08 bits per heavy atom. The third-order valence-electron chi connectivity index (χ3n) is 5.15. The highest BCUT2D eigenvalue weighted by molar-refractivity contribution is 7.18. The smallest absolute Gasteiger partial charge is 0.410 e. The fraction of sp³-hybridized carbons (Fsp3) is 0.632. The lowest BCUT2D eigenvalue weighted by Crippen LogP contribution is -2.60. The summed E-state index contributed by atoms with van der Waals surface area (Å²) in [6, 6.07) is 2.23. The van der Waals surface area contributed by atoms with E-state index in [-0.39, 0.29) is 11.5 Å². The number of amides is 1. The predicted molar refractivity (Wildman–Crippen MR) is 104 cm³/mol. The molecule has 4 rings (SSSR count). The average molecular weight is 375 g/mol. The van der Waals surface area contributed by atoms with E-state index in [9.17, 15) is 4.79 Å². The van der Waals surface area contributed by atoms with Gasteiger partial charge >= 0.3 is 6.09 Å². The molecule has 0 saturated carbocycles. The predicted octanol–water partition coefficient (Wildman–Crippen LogP) is 3.70. The lowest BCUT2D eigenvalue weighted by atomic mass is 9.79. The van der Waals surface area contributed by atoms with Gasteiger partial charge in [0, 0.05) is 36.5 Å². The Morgan fingerprint density at radius 1 is 1.31 bits per heavy atom. The minimum atomic E-state index is -0.440. The van der Waals surface area contributed by atoms with Gasteiger partial charge in [-0.3, -0.25) is 0 Å². The Morgan fingerprint density at radius 3 is 2.77 bits per heavy atom. The van der Waals surface area contributed by atoms with Crippen molar-refractivity contribution in [3.8, 4) is 0 Å². The van der Waals surface area contributed by atoms with Gasteiger partial charge in [0.2, 0.25) is 0 Å². The topological polar surface area (TPSA) is 58.6 Å². The van der Waals surface area contributed by atoms with Crippen LogP contribution in [0.5, 0.6) is 0 Å². The van der Waals surface area contributed by atoms with Crippen LogP contribution in [0.4, 0.5) is 10.6 Å². The number of anilines is 1. The van der Waals surface area contributed by atoms with E-state index in [0.717, 1.165) is 55.1 Å². The van der Waals surface area contributed by atoms with Crippen LogP contribution in [-0.2, 0) is 11.2 Å². The first kappa shape index (κ1) is 17.5. The Labute approximate surface area is 158 Å². The molecular formula is C19H26N4O2S. The van der Waals surface area contributed by atoms with E-state index < -0.39 is 5.60 Å². The van der Waals surface area contributed by atoms with Crippen molar-refractivity contribution in [1.29, 1.82) is 0 Å². The molecule has 140 valence electrons. The summed E-state index contributed by atoms with van der Waals surface area (Å²) in [4.78, 5) is 27.8. The lowest BCUT2D eigenvalue weighted by Gasteiger charge is -2.47. The molecule has 1 spiro atoms. The molecule has 26 heavy (non-hydrogen) atoms. The number of hydrogen-bond donors (Lipinski definition) is 0. The number of aromatic nitrogens is 2. The molecule has 2 aromatic heterocycles. The molecule has 0 bridgehead atoms. The molecule has 0 aromatic carbocycles. The quantitative estimate of drug-likeness (QED) is 0.802. The van der Waals surface area contributed by atoms with Crippen molar-refractivity contribution in [2.45, 2.75) is 46.1 Å². The van der Waals surface area contributed by atoms with Crippen LogP contribution in [0.1, 0.15) is 39.0 Å². The molecule has 0 N–H and O–H groups in total. The zero-order valence-corrected chi connectivity index (χ0v) is 16.7. The Kier molecular flexibility index (Phi) is 4.10. The number of ether oxygens (including phenoxy) is 1. The molecule has 6 nitrogen and oxygen atoms in total. The Bertz CT molecular complexity index is 836. The molecular weight excluding hydrogens is 348 g/mol. The van der Waals surface area contributed by atoms with Gasteiger partial charge in [0.05, 0.1) is 5.39 Å². The fourth-order valence-electron chi connectivity index (χ4n) is 3.91. The maximum Gasteiger partial charge on any atom is 0.410 e. The number of hydrogen-bond acceptors (Lipinski definition) is 6. The minimum absolute atomic E-state index is 0.178. The maximum absolute atomic E-state index is 12.2. The van der Waals surface area contributed by atoms with E-state index in [0.29, 0.717) is 0 Å².